The molecule has 120 valence electrons. The Morgan fingerprint density at radius 2 is 2.00 bits per heavy atom. The van der Waals surface area contributed by atoms with E-state index in [1.807, 2.05) is 18.2 Å². The molecule has 1 aromatic carbocycles. The summed E-state index contributed by atoms with van der Waals surface area (Å²) in [6.07, 6.45) is 6.58. The standard InChI is InChI=1S/C17H19N3O3/c1-22-14-4-3-12(9-15(14)23-2)17(5-6-17)11-20-16(21)13-10-18-7-8-19-13/h3-4,7-10H,5-6,11H2,1-2H3,(H,20,21). The van der Waals surface area contributed by atoms with Gasteiger partial charge in [-0.1, -0.05) is 6.07 Å². The Balaban J connectivity index is 1.72. The summed E-state index contributed by atoms with van der Waals surface area (Å²) in [6.45, 7) is 0.567. The van der Waals surface area contributed by atoms with Gasteiger partial charge in [0.25, 0.3) is 5.91 Å². The molecule has 23 heavy (non-hydrogen) atoms. The predicted molar refractivity (Wildman–Crippen MR) is 84.8 cm³/mol. The number of benzene rings is 1. The lowest BCUT2D eigenvalue weighted by molar-refractivity contribution is 0.0944. The molecule has 1 heterocycles. The van der Waals surface area contributed by atoms with E-state index in [1.54, 1.807) is 20.4 Å². The second-order valence-electron chi connectivity index (χ2n) is 5.62. The first-order valence-electron chi connectivity index (χ1n) is 7.45. The number of nitrogens with one attached hydrogen (secondary N) is 1. The van der Waals surface area contributed by atoms with Gasteiger partial charge in [0.15, 0.2) is 11.5 Å². The predicted octanol–water partition coefficient (Wildman–Crippen LogP) is 1.96. The maximum Gasteiger partial charge on any atom is 0.271 e. The molecular weight excluding hydrogens is 294 g/mol. The lowest BCUT2D eigenvalue weighted by atomic mass is 9.95. The molecule has 1 aliphatic rings. The fraction of sp³-hybridized carbons (Fsp3) is 0.353. The summed E-state index contributed by atoms with van der Waals surface area (Å²) in [5.41, 5.74) is 1.45. The van der Waals surface area contributed by atoms with Crippen LogP contribution in [0, 0.1) is 0 Å². The van der Waals surface area contributed by atoms with Gasteiger partial charge in [-0.05, 0) is 30.5 Å². The van der Waals surface area contributed by atoms with Crippen LogP contribution in [0.25, 0.3) is 0 Å². The van der Waals surface area contributed by atoms with Crippen LogP contribution in [0.1, 0.15) is 28.9 Å². The van der Waals surface area contributed by atoms with Crippen molar-refractivity contribution in [1.82, 2.24) is 15.3 Å². The summed E-state index contributed by atoms with van der Waals surface area (Å²) in [5, 5.41) is 2.95. The molecule has 0 unspecified atom stereocenters. The Bertz CT molecular complexity index is 699. The molecule has 1 fully saturated rings. The van der Waals surface area contributed by atoms with Crippen LogP contribution < -0.4 is 14.8 Å². The molecule has 0 radical (unpaired) electrons. The number of methoxy groups -OCH3 is 2. The zero-order chi connectivity index (χ0) is 16.3. The highest BCUT2D eigenvalue weighted by atomic mass is 16.5. The molecule has 0 spiro atoms. The van der Waals surface area contributed by atoms with Gasteiger partial charge in [0.05, 0.1) is 20.4 Å². The fourth-order valence-corrected chi connectivity index (χ4v) is 2.64. The Labute approximate surface area is 134 Å². The number of hydrogen-bond acceptors (Lipinski definition) is 5. The average molecular weight is 313 g/mol. The van der Waals surface area contributed by atoms with Crippen molar-refractivity contribution in [2.45, 2.75) is 18.3 Å². The van der Waals surface area contributed by atoms with Crippen molar-refractivity contribution in [1.29, 1.82) is 0 Å². The van der Waals surface area contributed by atoms with E-state index in [1.165, 1.54) is 12.4 Å². The van der Waals surface area contributed by atoms with Crippen LogP contribution in [0.15, 0.2) is 36.8 Å². The van der Waals surface area contributed by atoms with Crippen LogP contribution in [-0.4, -0.2) is 36.6 Å². The minimum absolute atomic E-state index is 0.0303. The number of ether oxygens (including phenoxy) is 2. The van der Waals surface area contributed by atoms with E-state index in [0.29, 0.717) is 23.7 Å². The Morgan fingerprint density at radius 3 is 2.61 bits per heavy atom. The van der Waals surface area contributed by atoms with Crippen molar-refractivity contribution >= 4 is 5.91 Å². The zero-order valence-corrected chi connectivity index (χ0v) is 13.2. The van der Waals surface area contributed by atoms with Crippen molar-refractivity contribution in [3.63, 3.8) is 0 Å². The maximum absolute atomic E-state index is 12.1. The van der Waals surface area contributed by atoms with Crippen molar-refractivity contribution in [2.75, 3.05) is 20.8 Å². The topological polar surface area (TPSA) is 73.3 Å². The van der Waals surface area contributed by atoms with Crippen LogP contribution in [-0.2, 0) is 5.41 Å². The molecule has 0 atom stereocenters. The number of hydrogen-bond donors (Lipinski definition) is 1. The monoisotopic (exact) mass is 313 g/mol. The van der Waals surface area contributed by atoms with Crippen LogP contribution in [0.3, 0.4) is 0 Å². The molecule has 1 aliphatic carbocycles. The third-order valence-corrected chi connectivity index (χ3v) is 4.23. The first-order valence-corrected chi connectivity index (χ1v) is 7.45. The first-order chi connectivity index (χ1) is 11.2. The second kappa shape index (κ2) is 6.24. The number of carbonyl (C=O) groups excluding carboxylic acids is 1. The zero-order valence-electron chi connectivity index (χ0n) is 13.2. The summed E-state index contributed by atoms with van der Waals surface area (Å²) in [7, 11) is 3.24. The van der Waals surface area contributed by atoms with Gasteiger partial charge in [-0.2, -0.15) is 0 Å². The summed E-state index contributed by atoms with van der Waals surface area (Å²) < 4.78 is 10.6. The van der Waals surface area contributed by atoms with E-state index < -0.39 is 0 Å². The minimum Gasteiger partial charge on any atom is -0.493 e. The molecule has 6 heteroatoms. The minimum atomic E-state index is -0.204. The number of aromatic nitrogens is 2. The quantitative estimate of drug-likeness (QED) is 0.882. The van der Waals surface area contributed by atoms with E-state index in [9.17, 15) is 4.79 Å². The molecule has 2 aromatic rings. The van der Waals surface area contributed by atoms with Crippen LogP contribution in [0.2, 0.25) is 0 Å². The highest BCUT2D eigenvalue weighted by molar-refractivity contribution is 5.91. The molecule has 1 saturated carbocycles. The largest absolute Gasteiger partial charge is 0.493 e. The molecule has 6 nitrogen and oxygen atoms in total. The van der Waals surface area contributed by atoms with Gasteiger partial charge in [0, 0.05) is 24.4 Å². The Kier molecular flexibility index (Phi) is 4.14. The third kappa shape index (κ3) is 3.11. The molecule has 0 aliphatic heterocycles. The van der Waals surface area contributed by atoms with E-state index in [2.05, 4.69) is 15.3 Å². The van der Waals surface area contributed by atoms with Gasteiger partial charge in [0.2, 0.25) is 0 Å². The fourth-order valence-electron chi connectivity index (χ4n) is 2.64. The van der Waals surface area contributed by atoms with Crippen LogP contribution in [0.5, 0.6) is 11.5 Å². The lowest BCUT2D eigenvalue weighted by Crippen LogP contribution is -2.32. The molecule has 0 saturated heterocycles. The van der Waals surface area contributed by atoms with Gasteiger partial charge < -0.3 is 14.8 Å². The van der Waals surface area contributed by atoms with E-state index >= 15 is 0 Å². The van der Waals surface area contributed by atoms with Crippen LogP contribution in [0.4, 0.5) is 0 Å². The van der Waals surface area contributed by atoms with Gasteiger partial charge in [-0.15, -0.1) is 0 Å². The van der Waals surface area contributed by atoms with E-state index in [4.69, 9.17) is 9.47 Å². The maximum atomic E-state index is 12.1. The molecule has 0 bridgehead atoms. The highest BCUT2D eigenvalue weighted by Gasteiger charge is 2.44. The summed E-state index contributed by atoms with van der Waals surface area (Å²) in [6, 6.07) is 5.92. The average Bonchev–Trinajstić information content (AvgIpc) is 3.41. The summed E-state index contributed by atoms with van der Waals surface area (Å²) in [4.78, 5) is 20.0. The summed E-state index contributed by atoms with van der Waals surface area (Å²) in [5.74, 6) is 1.21. The van der Waals surface area contributed by atoms with Crippen molar-refractivity contribution in [3.8, 4) is 11.5 Å². The molecule has 1 amide bonds. The van der Waals surface area contributed by atoms with Gasteiger partial charge in [-0.3, -0.25) is 9.78 Å². The van der Waals surface area contributed by atoms with Crippen LogP contribution >= 0.6 is 0 Å². The number of nitrogens with zero attached hydrogens (tertiary/aromatic N) is 2. The Hall–Kier alpha value is -2.63. The smallest absolute Gasteiger partial charge is 0.271 e. The van der Waals surface area contributed by atoms with E-state index in [-0.39, 0.29) is 11.3 Å². The third-order valence-electron chi connectivity index (χ3n) is 4.23. The number of rotatable bonds is 6. The number of amides is 1. The second-order valence-corrected chi connectivity index (χ2v) is 5.62. The highest BCUT2D eigenvalue weighted by Crippen LogP contribution is 2.49. The van der Waals surface area contributed by atoms with Gasteiger partial charge >= 0.3 is 0 Å². The number of carbonyl (C=O) groups is 1. The first kappa shape index (κ1) is 15.3. The van der Waals surface area contributed by atoms with Crippen molar-refractivity contribution < 1.29 is 14.3 Å². The molecule has 1 aromatic heterocycles. The van der Waals surface area contributed by atoms with Gasteiger partial charge in [-0.25, -0.2) is 4.98 Å². The van der Waals surface area contributed by atoms with Crippen molar-refractivity contribution in [2.24, 2.45) is 0 Å². The lowest BCUT2D eigenvalue weighted by Gasteiger charge is -2.18. The SMILES string of the molecule is COc1ccc(C2(CNC(=O)c3cnccn3)CC2)cc1OC. The van der Waals surface area contributed by atoms with E-state index in [0.717, 1.165) is 18.4 Å². The molecular formula is C17H19N3O3. The summed E-state index contributed by atoms with van der Waals surface area (Å²) >= 11 is 0. The Morgan fingerprint density at radius 1 is 1.22 bits per heavy atom. The normalized spacial score (nSPS) is 14.9. The molecule has 3 rings (SSSR count). The van der Waals surface area contributed by atoms with Gasteiger partial charge in [0.1, 0.15) is 5.69 Å². The molecule has 1 N–H and O–H groups in total. The van der Waals surface area contributed by atoms with Crippen molar-refractivity contribution in [3.05, 3.63) is 48.0 Å².